The Balaban J connectivity index is 0.000000517. The number of oxazole rings is 1. The van der Waals surface area contributed by atoms with Crippen LogP contribution in [0, 0.1) is 30.5 Å². The molecule has 6 rings (SSSR count). The van der Waals surface area contributed by atoms with E-state index >= 15 is 0 Å². The summed E-state index contributed by atoms with van der Waals surface area (Å²) in [6.07, 6.45) is -0.183. The number of benzene rings is 1. The molecule has 0 radical (unpaired) electrons. The lowest BCUT2D eigenvalue weighted by Gasteiger charge is -2.43. The number of aryl methyl sites for hydroxylation is 2. The molecule has 2 bridgehead atoms. The second kappa shape index (κ2) is 9.62. The van der Waals surface area contributed by atoms with E-state index in [1.807, 2.05) is 0 Å². The van der Waals surface area contributed by atoms with Gasteiger partial charge in [-0.15, -0.1) is 0 Å². The first-order valence-electron chi connectivity index (χ1n) is 12.8. The molecule has 3 saturated carbocycles. The molecule has 0 aliphatic heterocycles. The molecule has 0 atom stereocenters. The van der Waals surface area contributed by atoms with E-state index in [1.165, 1.54) is 30.6 Å². The molecule has 3 aliphatic carbocycles. The van der Waals surface area contributed by atoms with Gasteiger partial charge in [0.15, 0.2) is 23.2 Å². The summed E-state index contributed by atoms with van der Waals surface area (Å²) in [6.45, 7) is -0.890. The molecule has 2 heterocycles. The molecule has 15 heteroatoms. The fraction of sp³-hybridized carbons (Fsp3) is 0.375. The fourth-order valence-electron chi connectivity index (χ4n) is 4.76. The highest BCUT2D eigenvalue weighted by molar-refractivity contribution is 7.89. The average molecular weight is 568 g/mol. The molecule has 1 aromatic carbocycles. The van der Waals surface area contributed by atoms with Crippen LogP contribution in [-0.2, 0) is 14.8 Å². The van der Waals surface area contributed by atoms with Gasteiger partial charge < -0.3 is 15.3 Å². The SMILES string of the molecule is O=C(O)C(F)(F)F.[2H]C([2H])([2H])c1ccc(S(=O)(=O)NC23CCC(C#N)(C2)C3)cc1-c1cnc(N)c(-c2cnc(C)o2)n1. The van der Waals surface area contributed by atoms with E-state index in [2.05, 4.69) is 25.7 Å². The van der Waals surface area contributed by atoms with Gasteiger partial charge in [-0.3, -0.25) is 0 Å². The van der Waals surface area contributed by atoms with E-state index in [1.54, 1.807) is 6.92 Å². The number of carboxylic acid groups (broad SMARTS) is 1. The molecule has 0 spiro atoms. The lowest BCUT2D eigenvalue weighted by molar-refractivity contribution is -0.192. The van der Waals surface area contributed by atoms with Crippen molar-refractivity contribution in [3.63, 3.8) is 0 Å². The normalized spacial score (nSPS) is 23.3. The van der Waals surface area contributed by atoms with Crippen LogP contribution >= 0.6 is 0 Å². The number of fused-ring (bicyclic) bond motifs is 1. The van der Waals surface area contributed by atoms with Gasteiger partial charge in [-0.05, 0) is 50.2 Å². The quantitative estimate of drug-likeness (QED) is 0.410. The average Bonchev–Trinajstić information content (AvgIpc) is 3.56. The summed E-state index contributed by atoms with van der Waals surface area (Å²) >= 11 is 0. The summed E-state index contributed by atoms with van der Waals surface area (Å²) in [4.78, 5) is 21.4. The molecule has 3 fully saturated rings. The van der Waals surface area contributed by atoms with Gasteiger partial charge in [-0.2, -0.15) is 18.4 Å². The first-order valence-corrected chi connectivity index (χ1v) is 12.7. The predicted octanol–water partition coefficient (Wildman–Crippen LogP) is 3.75. The number of hydrogen-bond donors (Lipinski definition) is 3. The van der Waals surface area contributed by atoms with Crippen molar-refractivity contribution >= 4 is 21.8 Å². The van der Waals surface area contributed by atoms with Crippen LogP contribution in [0.15, 0.2) is 39.9 Å². The predicted molar refractivity (Wildman–Crippen MR) is 130 cm³/mol. The van der Waals surface area contributed by atoms with Crippen LogP contribution in [0.3, 0.4) is 0 Å². The Labute approximate surface area is 225 Å². The van der Waals surface area contributed by atoms with Gasteiger partial charge in [-0.1, -0.05) is 6.07 Å². The Bertz CT molecular complexity index is 1700. The largest absolute Gasteiger partial charge is 0.490 e. The number of halogens is 3. The number of nitrogen functional groups attached to an aromatic ring is 1. The number of aliphatic carboxylic acids is 1. The molecule has 0 saturated heterocycles. The summed E-state index contributed by atoms with van der Waals surface area (Å²) in [5.74, 6) is -2.07. The van der Waals surface area contributed by atoms with Gasteiger partial charge in [0, 0.05) is 22.1 Å². The van der Waals surface area contributed by atoms with E-state index in [0.29, 0.717) is 31.6 Å². The minimum absolute atomic E-state index is 0.0528. The first-order chi connectivity index (χ1) is 19.3. The lowest BCUT2D eigenvalue weighted by Crippen LogP contribution is -2.55. The second-order valence-corrected chi connectivity index (χ2v) is 11.1. The van der Waals surface area contributed by atoms with Crippen LogP contribution < -0.4 is 10.5 Å². The smallest absolute Gasteiger partial charge is 0.475 e. The maximum atomic E-state index is 13.3. The van der Waals surface area contributed by atoms with Crippen LogP contribution in [0.5, 0.6) is 0 Å². The van der Waals surface area contributed by atoms with Gasteiger partial charge in [0.25, 0.3) is 0 Å². The number of hydrogen-bond acceptors (Lipinski definition) is 9. The summed E-state index contributed by atoms with van der Waals surface area (Å²) in [5, 5.41) is 16.5. The van der Waals surface area contributed by atoms with Gasteiger partial charge in [0.2, 0.25) is 10.0 Å². The number of alkyl halides is 3. The number of rotatable bonds is 5. The number of nitriles is 1. The maximum absolute atomic E-state index is 13.3. The van der Waals surface area contributed by atoms with Crippen molar-refractivity contribution in [1.29, 1.82) is 5.26 Å². The number of carbonyl (C=O) groups is 1. The Morgan fingerprint density at radius 2 is 1.97 bits per heavy atom. The van der Waals surface area contributed by atoms with E-state index in [-0.39, 0.29) is 39.0 Å². The highest BCUT2D eigenvalue weighted by Gasteiger charge is 2.62. The third-order valence-corrected chi connectivity index (χ3v) is 8.08. The first kappa shape index (κ1) is 24.0. The monoisotopic (exact) mass is 567 g/mol. The number of nitrogens with one attached hydrogen (secondary N) is 1. The molecule has 11 nitrogen and oxygen atoms in total. The molecular formula is C24H23F3N6O5S. The van der Waals surface area contributed by atoms with Crippen molar-refractivity contribution in [3.8, 4) is 28.8 Å². The summed E-state index contributed by atoms with van der Waals surface area (Å²) in [7, 11) is -4.00. The standard InChI is InChI=1S/C22H22N6O3S.C2HF3O2/c1-13-3-4-15(32(29,30)28-22-6-5-21(10-22,11-22)12-23)7-16(13)17-8-26-20(24)19(27-17)18-9-25-14(2)31-18;3-2(4,5)1(6)7/h3-4,7-9,28H,5-6,10-11H2,1-2H3,(H2,24,26);(H,6,7)/i1D3;. The lowest BCUT2D eigenvalue weighted by atomic mass is 9.66. The van der Waals surface area contributed by atoms with Crippen LogP contribution in [0.25, 0.3) is 22.7 Å². The highest BCUT2D eigenvalue weighted by atomic mass is 32.2. The number of sulfonamides is 1. The van der Waals surface area contributed by atoms with E-state index in [9.17, 15) is 26.9 Å². The molecule has 0 amide bonds. The zero-order valence-corrected chi connectivity index (χ0v) is 21.0. The van der Waals surface area contributed by atoms with Crippen LogP contribution in [-0.4, -0.2) is 46.2 Å². The molecular weight excluding hydrogens is 541 g/mol. The number of anilines is 1. The van der Waals surface area contributed by atoms with Gasteiger partial charge >= 0.3 is 12.1 Å². The van der Waals surface area contributed by atoms with Crippen LogP contribution in [0.4, 0.5) is 19.0 Å². The van der Waals surface area contributed by atoms with E-state index in [0.717, 1.165) is 0 Å². The number of nitrogens with two attached hydrogens (primary N) is 1. The highest BCUT2D eigenvalue weighted by Crippen LogP contribution is 2.61. The Morgan fingerprint density at radius 3 is 2.51 bits per heavy atom. The molecule has 206 valence electrons. The van der Waals surface area contributed by atoms with Crippen LogP contribution in [0.1, 0.15) is 41.2 Å². The number of aromatic nitrogens is 3. The van der Waals surface area contributed by atoms with Crippen LogP contribution in [0.2, 0.25) is 0 Å². The van der Waals surface area contributed by atoms with Gasteiger partial charge in [0.1, 0.15) is 0 Å². The third kappa shape index (κ3) is 5.57. The van der Waals surface area contributed by atoms with Gasteiger partial charge in [-0.25, -0.2) is 32.9 Å². The maximum Gasteiger partial charge on any atom is 0.490 e. The molecule has 0 unspecified atom stereocenters. The number of nitrogens with zero attached hydrogens (tertiary/aromatic N) is 4. The summed E-state index contributed by atoms with van der Waals surface area (Å²) in [5.41, 5.74) is 5.16. The van der Waals surface area contributed by atoms with Crippen molar-refractivity contribution in [3.05, 3.63) is 42.0 Å². The van der Waals surface area contributed by atoms with Crippen molar-refractivity contribution in [1.82, 2.24) is 19.7 Å². The molecule has 2 aromatic heterocycles. The molecule has 4 N–H and O–H groups in total. The molecule has 39 heavy (non-hydrogen) atoms. The van der Waals surface area contributed by atoms with Crippen molar-refractivity contribution in [2.45, 2.75) is 56.1 Å². The Morgan fingerprint density at radius 1 is 1.28 bits per heavy atom. The Kier molecular flexibility index (Phi) is 5.93. The zero-order chi connectivity index (χ0) is 31.3. The van der Waals surface area contributed by atoms with Gasteiger partial charge in [0.05, 0.1) is 34.5 Å². The van der Waals surface area contributed by atoms with Crippen molar-refractivity contribution < 1.29 is 40.0 Å². The van der Waals surface area contributed by atoms with Crippen molar-refractivity contribution in [2.24, 2.45) is 5.41 Å². The second-order valence-electron chi connectivity index (χ2n) is 9.37. The topological polar surface area (TPSA) is 185 Å². The fourth-order valence-corrected chi connectivity index (χ4v) is 6.22. The van der Waals surface area contributed by atoms with Crippen molar-refractivity contribution in [2.75, 3.05) is 5.73 Å². The van der Waals surface area contributed by atoms with E-state index < -0.39 is 40.0 Å². The van der Waals surface area contributed by atoms with E-state index in [4.69, 9.17) is 24.2 Å². The number of carboxylic acids is 1. The molecule has 3 aliphatic rings. The summed E-state index contributed by atoms with van der Waals surface area (Å²) < 4.78 is 90.4. The minimum Gasteiger partial charge on any atom is -0.475 e. The molecule has 3 aromatic rings. The zero-order valence-electron chi connectivity index (χ0n) is 23.2. The minimum atomic E-state index is -5.08. The summed E-state index contributed by atoms with van der Waals surface area (Å²) in [6, 6.07) is 6.11. The third-order valence-electron chi connectivity index (χ3n) is 6.50. The Hall–Kier alpha value is -4.03.